The number of likely N-dealkylation sites (tertiary alicyclic amines) is 1. The second kappa shape index (κ2) is 11.3. The van der Waals surface area contributed by atoms with Gasteiger partial charge in [-0.2, -0.15) is 0 Å². The van der Waals surface area contributed by atoms with Gasteiger partial charge in [0.05, 0.1) is 12.3 Å². The predicted octanol–water partition coefficient (Wildman–Crippen LogP) is 2.08. The third-order valence-electron chi connectivity index (χ3n) is 4.60. The first-order valence-corrected chi connectivity index (χ1v) is 11.3. The molecule has 7 nitrogen and oxygen atoms in total. The molecule has 1 aromatic heterocycles. The predicted molar refractivity (Wildman–Crippen MR) is 121 cm³/mol. The van der Waals surface area contributed by atoms with Gasteiger partial charge in [0, 0.05) is 44.0 Å². The highest BCUT2D eigenvalue weighted by molar-refractivity contribution is 14.0. The smallest absolute Gasteiger partial charge is 0.191 e. The van der Waals surface area contributed by atoms with Crippen molar-refractivity contribution in [2.75, 3.05) is 38.2 Å². The summed E-state index contributed by atoms with van der Waals surface area (Å²) in [5.74, 6) is 2.88. The Morgan fingerprint density at radius 2 is 2.00 bits per heavy atom. The lowest BCUT2D eigenvalue weighted by Gasteiger charge is -2.32. The van der Waals surface area contributed by atoms with Crippen molar-refractivity contribution < 1.29 is 12.8 Å². The third kappa shape index (κ3) is 8.82. The lowest BCUT2D eigenvalue weighted by atomic mass is 10.1. The number of nitrogens with one attached hydrogen (secondary N) is 2. The molecule has 0 aliphatic carbocycles. The third-order valence-corrected chi connectivity index (χ3v) is 5.53. The molecular formula is C18H33IN4O3S. The molecule has 9 heteroatoms. The fourth-order valence-electron chi connectivity index (χ4n) is 3.11. The van der Waals surface area contributed by atoms with E-state index in [0.717, 1.165) is 55.5 Å². The Hall–Kier alpha value is -0.810. The highest BCUT2D eigenvalue weighted by Gasteiger charge is 2.20. The van der Waals surface area contributed by atoms with Gasteiger partial charge in [0.2, 0.25) is 0 Å². The minimum absolute atomic E-state index is 0. The van der Waals surface area contributed by atoms with E-state index in [1.807, 2.05) is 19.9 Å². The van der Waals surface area contributed by atoms with Gasteiger partial charge in [-0.25, -0.2) is 13.4 Å². The van der Waals surface area contributed by atoms with Gasteiger partial charge in [-0.3, -0.25) is 0 Å². The Morgan fingerprint density at radius 3 is 2.52 bits per heavy atom. The van der Waals surface area contributed by atoms with Gasteiger partial charge in [-0.1, -0.05) is 0 Å². The summed E-state index contributed by atoms with van der Waals surface area (Å²) in [6.45, 7) is 9.80. The summed E-state index contributed by atoms with van der Waals surface area (Å²) in [6.07, 6.45) is 3.26. The molecule has 1 aliphatic heterocycles. The second-order valence-corrected chi connectivity index (χ2v) is 9.28. The maximum Gasteiger partial charge on any atom is 0.191 e. The summed E-state index contributed by atoms with van der Waals surface area (Å²) in [4.78, 5) is 6.90. The summed E-state index contributed by atoms with van der Waals surface area (Å²) in [5.41, 5.74) is 1.11. The monoisotopic (exact) mass is 512 g/mol. The van der Waals surface area contributed by atoms with Gasteiger partial charge in [0.25, 0.3) is 0 Å². The maximum absolute atomic E-state index is 11.3. The lowest BCUT2D eigenvalue weighted by Crippen LogP contribution is -2.49. The molecule has 2 rings (SSSR count). The van der Waals surface area contributed by atoms with Gasteiger partial charge in [-0.15, -0.1) is 24.0 Å². The number of hydrogen-bond donors (Lipinski definition) is 2. The van der Waals surface area contributed by atoms with Crippen LogP contribution in [0.3, 0.4) is 0 Å². The summed E-state index contributed by atoms with van der Waals surface area (Å²) in [5, 5.41) is 6.81. The molecule has 0 atom stereocenters. The van der Waals surface area contributed by atoms with Gasteiger partial charge in [-0.05, 0) is 39.7 Å². The van der Waals surface area contributed by atoms with Crippen LogP contribution in [0.5, 0.6) is 0 Å². The molecule has 1 fully saturated rings. The zero-order valence-corrected chi connectivity index (χ0v) is 19.9. The lowest BCUT2D eigenvalue weighted by molar-refractivity contribution is 0.216. The summed E-state index contributed by atoms with van der Waals surface area (Å²) in [6, 6.07) is 2.39. The zero-order valence-electron chi connectivity index (χ0n) is 16.7. The van der Waals surface area contributed by atoms with E-state index in [9.17, 15) is 8.42 Å². The van der Waals surface area contributed by atoms with Crippen molar-refractivity contribution in [3.8, 4) is 0 Å². The Labute approximate surface area is 180 Å². The van der Waals surface area contributed by atoms with Gasteiger partial charge in [0.15, 0.2) is 5.96 Å². The molecule has 2 N–H and O–H groups in total. The first-order valence-electron chi connectivity index (χ1n) is 9.27. The highest BCUT2D eigenvalue weighted by Crippen LogP contribution is 2.15. The molecule has 0 bridgehead atoms. The molecule has 0 saturated carbocycles. The van der Waals surface area contributed by atoms with Crippen molar-refractivity contribution in [3.63, 3.8) is 0 Å². The number of sulfone groups is 1. The molecular weight excluding hydrogens is 479 g/mol. The van der Waals surface area contributed by atoms with E-state index < -0.39 is 9.84 Å². The van der Waals surface area contributed by atoms with Crippen molar-refractivity contribution in [2.45, 2.75) is 46.2 Å². The van der Waals surface area contributed by atoms with Gasteiger partial charge >= 0.3 is 0 Å². The quantitative estimate of drug-likeness (QED) is 0.331. The normalized spacial score (nSPS) is 16.8. The van der Waals surface area contributed by atoms with Crippen LogP contribution in [0, 0.1) is 13.8 Å². The summed E-state index contributed by atoms with van der Waals surface area (Å²) < 4.78 is 28.2. The van der Waals surface area contributed by atoms with E-state index >= 15 is 0 Å². The second-order valence-electron chi connectivity index (χ2n) is 7.02. The Kier molecular flexibility index (Phi) is 10.1. The number of furan rings is 1. The van der Waals surface area contributed by atoms with Crippen LogP contribution in [-0.2, 0) is 16.4 Å². The minimum atomic E-state index is -2.89. The minimum Gasteiger partial charge on any atom is -0.466 e. The Balaban J connectivity index is 0.00000364. The maximum atomic E-state index is 11.3. The van der Waals surface area contributed by atoms with Crippen LogP contribution < -0.4 is 10.6 Å². The molecule has 0 unspecified atom stereocenters. The van der Waals surface area contributed by atoms with E-state index in [2.05, 4.69) is 27.4 Å². The van der Waals surface area contributed by atoms with E-state index in [1.165, 1.54) is 6.26 Å². The molecule has 0 aromatic carbocycles. The first-order chi connectivity index (χ1) is 12.3. The van der Waals surface area contributed by atoms with Crippen molar-refractivity contribution >= 4 is 39.8 Å². The van der Waals surface area contributed by atoms with Crippen LogP contribution in [0.15, 0.2) is 15.5 Å². The Bertz CT molecular complexity index is 710. The fourth-order valence-corrected chi connectivity index (χ4v) is 3.70. The number of guanidine groups is 1. The van der Waals surface area contributed by atoms with Crippen LogP contribution >= 0.6 is 24.0 Å². The number of piperidine rings is 1. The standard InChI is InChI=1S/C18H32N4O3S.HI/c1-5-19-18(20-13-16-12-14(2)25-15(16)3)21-17-6-8-22(9-7-17)10-11-26(4,23)24;/h12,17H,5-11,13H2,1-4H3,(H2,19,20,21);1H. The van der Waals surface area contributed by atoms with Gasteiger partial charge < -0.3 is 20.0 Å². The van der Waals surface area contributed by atoms with Crippen LogP contribution in [0.2, 0.25) is 0 Å². The van der Waals surface area contributed by atoms with E-state index in [4.69, 9.17) is 4.42 Å². The van der Waals surface area contributed by atoms with Crippen molar-refractivity contribution in [1.82, 2.24) is 15.5 Å². The van der Waals surface area contributed by atoms with Gasteiger partial charge in [0.1, 0.15) is 21.4 Å². The van der Waals surface area contributed by atoms with Crippen LogP contribution in [0.1, 0.15) is 36.8 Å². The fraction of sp³-hybridized carbons (Fsp3) is 0.722. The van der Waals surface area contributed by atoms with Crippen LogP contribution in [0.4, 0.5) is 0 Å². The highest BCUT2D eigenvalue weighted by atomic mass is 127. The number of hydrogen-bond acceptors (Lipinski definition) is 5. The number of halogens is 1. The van der Waals surface area contributed by atoms with Crippen molar-refractivity contribution in [1.29, 1.82) is 0 Å². The molecule has 156 valence electrons. The van der Waals surface area contributed by atoms with Crippen LogP contribution in [0.25, 0.3) is 0 Å². The van der Waals surface area contributed by atoms with E-state index in [0.29, 0.717) is 19.1 Å². The molecule has 27 heavy (non-hydrogen) atoms. The van der Waals surface area contributed by atoms with E-state index in [1.54, 1.807) is 0 Å². The molecule has 2 heterocycles. The molecule has 1 aromatic rings. The molecule has 0 radical (unpaired) electrons. The Morgan fingerprint density at radius 1 is 1.33 bits per heavy atom. The van der Waals surface area contributed by atoms with Crippen LogP contribution in [-0.4, -0.2) is 63.5 Å². The molecule has 1 saturated heterocycles. The van der Waals surface area contributed by atoms with Crippen molar-refractivity contribution in [3.05, 3.63) is 23.2 Å². The van der Waals surface area contributed by atoms with Crippen molar-refractivity contribution in [2.24, 2.45) is 4.99 Å². The molecule has 0 spiro atoms. The summed E-state index contributed by atoms with van der Waals surface area (Å²) in [7, 11) is -2.89. The number of aliphatic imine (C=N–C) groups is 1. The first kappa shape index (κ1) is 24.2. The average Bonchev–Trinajstić information content (AvgIpc) is 2.89. The largest absolute Gasteiger partial charge is 0.466 e. The zero-order chi connectivity index (χ0) is 19.2. The SMILES string of the molecule is CCNC(=NCc1cc(C)oc1C)NC1CCN(CCS(C)(=O)=O)CC1.I. The summed E-state index contributed by atoms with van der Waals surface area (Å²) >= 11 is 0. The molecule has 0 amide bonds. The number of nitrogens with zero attached hydrogens (tertiary/aromatic N) is 2. The molecule has 1 aliphatic rings. The average molecular weight is 512 g/mol. The number of aryl methyl sites for hydroxylation is 2. The topological polar surface area (TPSA) is 86.9 Å². The van der Waals surface area contributed by atoms with E-state index in [-0.39, 0.29) is 29.7 Å². The number of rotatable bonds is 7.